The second kappa shape index (κ2) is 5.55. The lowest BCUT2D eigenvalue weighted by Gasteiger charge is -2.09. The van der Waals surface area contributed by atoms with Crippen molar-refractivity contribution in [3.63, 3.8) is 0 Å². The number of Topliss-reactive ketones (excluding diaryl/α,β-unsaturated/α-hetero) is 1. The van der Waals surface area contributed by atoms with Crippen LogP contribution in [-0.2, 0) is 12.7 Å². The van der Waals surface area contributed by atoms with Crippen molar-refractivity contribution in [1.29, 1.82) is 0 Å². The Hall–Kier alpha value is -2.37. The molecule has 0 N–H and O–H groups in total. The molecule has 0 aliphatic heterocycles. The number of aromatic nitrogens is 1. The van der Waals surface area contributed by atoms with Crippen molar-refractivity contribution in [2.24, 2.45) is 0 Å². The maximum atomic E-state index is 12.6. The average Bonchev–Trinajstić information content (AvgIpc) is 2.43. The van der Waals surface area contributed by atoms with Gasteiger partial charge in [0.1, 0.15) is 0 Å². The van der Waals surface area contributed by atoms with Gasteiger partial charge in [0.15, 0.2) is 5.78 Å². The van der Waals surface area contributed by atoms with Gasteiger partial charge in [0.05, 0.1) is 12.1 Å². The molecule has 0 fully saturated rings. The van der Waals surface area contributed by atoms with E-state index in [9.17, 15) is 22.8 Å². The summed E-state index contributed by atoms with van der Waals surface area (Å²) in [4.78, 5) is 23.8. The summed E-state index contributed by atoms with van der Waals surface area (Å²) < 4.78 is 39.0. The van der Waals surface area contributed by atoms with Crippen LogP contribution in [0.25, 0.3) is 0 Å². The number of rotatable bonds is 3. The normalized spacial score (nSPS) is 11.4. The molecule has 0 aliphatic rings. The summed E-state index contributed by atoms with van der Waals surface area (Å²) in [7, 11) is 0. The van der Waals surface area contributed by atoms with Crippen LogP contribution >= 0.6 is 0 Å². The smallest absolute Gasteiger partial charge is 0.308 e. The Morgan fingerprint density at radius 3 is 2.57 bits per heavy atom. The van der Waals surface area contributed by atoms with Crippen molar-refractivity contribution in [1.82, 2.24) is 4.57 Å². The predicted molar refractivity (Wildman–Crippen MR) is 71.2 cm³/mol. The third-order valence-electron chi connectivity index (χ3n) is 3.04. The molecule has 2 rings (SSSR count). The van der Waals surface area contributed by atoms with Crippen molar-refractivity contribution in [3.8, 4) is 0 Å². The van der Waals surface area contributed by atoms with Crippen molar-refractivity contribution in [2.75, 3.05) is 0 Å². The Balaban J connectivity index is 2.29. The van der Waals surface area contributed by atoms with E-state index >= 15 is 0 Å². The number of nitrogens with zero attached hydrogens (tertiary/aromatic N) is 1. The zero-order chi connectivity index (χ0) is 15.6. The number of pyridine rings is 1. The van der Waals surface area contributed by atoms with E-state index in [-0.39, 0.29) is 17.7 Å². The number of carbonyl (C=O) groups is 1. The maximum absolute atomic E-state index is 12.6. The molecule has 3 nitrogen and oxygen atoms in total. The predicted octanol–water partition coefficient (Wildman–Crippen LogP) is 3.06. The van der Waals surface area contributed by atoms with Gasteiger partial charge in [-0.2, -0.15) is 13.2 Å². The van der Waals surface area contributed by atoms with Gasteiger partial charge in [-0.1, -0.05) is 18.2 Å². The third kappa shape index (κ3) is 3.39. The summed E-state index contributed by atoms with van der Waals surface area (Å²) in [5.41, 5.74) is -0.824. The Bertz CT molecular complexity index is 732. The van der Waals surface area contributed by atoms with Gasteiger partial charge in [0.2, 0.25) is 0 Å². The lowest BCUT2D eigenvalue weighted by atomic mass is 10.1. The van der Waals surface area contributed by atoms with E-state index in [1.54, 1.807) is 19.1 Å². The monoisotopic (exact) mass is 295 g/mol. The van der Waals surface area contributed by atoms with Crippen molar-refractivity contribution in [3.05, 3.63) is 69.6 Å². The molecule has 0 saturated carbocycles. The van der Waals surface area contributed by atoms with Crippen LogP contribution in [0.4, 0.5) is 13.2 Å². The number of benzene rings is 1. The van der Waals surface area contributed by atoms with Gasteiger partial charge in [-0.3, -0.25) is 9.59 Å². The fraction of sp³-hybridized carbons (Fsp3) is 0.200. The molecule has 0 amide bonds. The second-order valence-electron chi connectivity index (χ2n) is 4.63. The molecule has 0 radical (unpaired) electrons. The molecule has 2 aromatic rings. The van der Waals surface area contributed by atoms with Crippen molar-refractivity contribution < 1.29 is 18.0 Å². The minimum atomic E-state index is -4.50. The van der Waals surface area contributed by atoms with Crippen LogP contribution < -0.4 is 5.56 Å². The minimum absolute atomic E-state index is 0.0711. The molecule has 0 saturated heterocycles. The first-order valence-corrected chi connectivity index (χ1v) is 6.15. The third-order valence-corrected chi connectivity index (χ3v) is 3.04. The molecule has 6 heteroatoms. The number of halogens is 3. The lowest BCUT2D eigenvalue weighted by molar-refractivity contribution is -0.137. The van der Waals surface area contributed by atoms with Gasteiger partial charge in [-0.05, 0) is 25.1 Å². The van der Waals surface area contributed by atoms with Crippen molar-refractivity contribution in [2.45, 2.75) is 19.6 Å². The molecule has 0 atom stereocenters. The molecule has 110 valence electrons. The van der Waals surface area contributed by atoms with Gasteiger partial charge in [-0.15, -0.1) is 0 Å². The van der Waals surface area contributed by atoms with Crippen LogP contribution in [-0.4, -0.2) is 10.4 Å². The highest BCUT2D eigenvalue weighted by Crippen LogP contribution is 2.29. The second-order valence-corrected chi connectivity index (χ2v) is 4.63. The number of ketones is 1. The Morgan fingerprint density at radius 1 is 1.19 bits per heavy atom. The summed E-state index contributed by atoms with van der Waals surface area (Å²) in [5, 5.41) is 0. The molecule has 0 aliphatic carbocycles. The molecule has 1 aromatic heterocycles. The highest BCUT2D eigenvalue weighted by atomic mass is 19.4. The Kier molecular flexibility index (Phi) is 3.97. The summed E-state index contributed by atoms with van der Waals surface area (Å²) >= 11 is 0. The molecule has 21 heavy (non-hydrogen) atoms. The lowest BCUT2D eigenvalue weighted by Crippen LogP contribution is -2.25. The number of hydrogen-bond donors (Lipinski definition) is 0. The summed E-state index contributed by atoms with van der Waals surface area (Å²) in [6, 6.07) is 7.38. The maximum Gasteiger partial charge on any atom is 0.416 e. The van der Waals surface area contributed by atoms with Gasteiger partial charge >= 0.3 is 6.18 Å². The van der Waals surface area contributed by atoms with Crippen molar-refractivity contribution >= 4 is 5.78 Å². The van der Waals surface area contributed by atoms with Crippen LogP contribution in [0.2, 0.25) is 0 Å². The quantitative estimate of drug-likeness (QED) is 0.816. The molecule has 0 spiro atoms. The Morgan fingerprint density at radius 2 is 1.90 bits per heavy atom. The number of alkyl halides is 3. The molecule has 0 unspecified atom stereocenters. The average molecular weight is 295 g/mol. The van der Waals surface area contributed by atoms with Crippen LogP contribution in [0.5, 0.6) is 0 Å². The van der Waals surface area contributed by atoms with E-state index in [1.807, 2.05) is 0 Å². The van der Waals surface area contributed by atoms with E-state index in [2.05, 4.69) is 0 Å². The zero-order valence-corrected chi connectivity index (χ0v) is 11.1. The molecule has 1 aromatic carbocycles. The standard InChI is InChI=1S/C15H12F3NO2/c1-10-4-3-7-19(14(10)21)9-13(20)11-5-2-6-12(8-11)15(16,17)18/h2-8H,9H2,1H3. The number of carbonyl (C=O) groups excluding carboxylic acids is 1. The van der Waals surface area contributed by atoms with E-state index in [0.717, 1.165) is 12.1 Å². The Labute approximate surface area is 118 Å². The van der Waals surface area contributed by atoms with Gasteiger partial charge in [-0.25, -0.2) is 0 Å². The summed E-state index contributed by atoms with van der Waals surface area (Å²) in [6.07, 6.45) is -3.07. The first kappa shape index (κ1) is 15.0. The van der Waals surface area contributed by atoms with Crippen LogP contribution in [0.15, 0.2) is 47.4 Å². The number of hydrogen-bond acceptors (Lipinski definition) is 2. The highest BCUT2D eigenvalue weighted by Gasteiger charge is 2.30. The molecule has 0 bridgehead atoms. The fourth-order valence-electron chi connectivity index (χ4n) is 1.90. The molecule has 1 heterocycles. The van der Waals surface area contributed by atoms with Gasteiger partial charge < -0.3 is 4.57 Å². The van der Waals surface area contributed by atoms with Crippen LogP contribution in [0.1, 0.15) is 21.5 Å². The van der Waals surface area contributed by atoms with Crippen LogP contribution in [0.3, 0.4) is 0 Å². The molecular weight excluding hydrogens is 283 g/mol. The SMILES string of the molecule is Cc1cccn(CC(=O)c2cccc(C(F)(F)F)c2)c1=O. The van der Waals surface area contributed by atoms with E-state index in [0.29, 0.717) is 5.56 Å². The summed E-state index contributed by atoms with van der Waals surface area (Å²) in [6.45, 7) is 1.31. The van der Waals surface area contributed by atoms with E-state index in [4.69, 9.17) is 0 Å². The minimum Gasteiger partial charge on any atom is -0.308 e. The van der Waals surface area contributed by atoms with Gasteiger partial charge in [0.25, 0.3) is 5.56 Å². The fourth-order valence-corrected chi connectivity index (χ4v) is 1.90. The largest absolute Gasteiger partial charge is 0.416 e. The van der Waals surface area contributed by atoms with Crippen LogP contribution in [0, 0.1) is 6.92 Å². The summed E-state index contributed by atoms with van der Waals surface area (Å²) in [5.74, 6) is -0.547. The van der Waals surface area contributed by atoms with E-state index < -0.39 is 17.5 Å². The number of aryl methyl sites for hydroxylation is 1. The first-order chi connectivity index (χ1) is 9.79. The first-order valence-electron chi connectivity index (χ1n) is 6.15. The molecular formula is C15H12F3NO2. The van der Waals surface area contributed by atoms with E-state index in [1.165, 1.54) is 22.9 Å². The highest BCUT2D eigenvalue weighted by molar-refractivity contribution is 5.96. The van der Waals surface area contributed by atoms with Gasteiger partial charge in [0, 0.05) is 17.3 Å². The topological polar surface area (TPSA) is 39.1 Å². The zero-order valence-electron chi connectivity index (χ0n) is 11.1.